The number of aryl methyl sites for hydroxylation is 1. The summed E-state index contributed by atoms with van der Waals surface area (Å²) in [5.74, 6) is -1.37. The Morgan fingerprint density at radius 2 is 1.85 bits per heavy atom. The van der Waals surface area contributed by atoms with E-state index in [-0.39, 0.29) is 82.3 Å². The molecule has 1 saturated heterocycles. The third kappa shape index (κ3) is 4.77. The van der Waals surface area contributed by atoms with Crippen LogP contribution in [0.15, 0.2) is 0 Å². The van der Waals surface area contributed by atoms with Crippen molar-refractivity contribution < 1.29 is 38.4 Å². The van der Waals surface area contributed by atoms with Gasteiger partial charge in [0.25, 0.3) is 5.91 Å². The summed E-state index contributed by atoms with van der Waals surface area (Å²) in [5, 5.41) is 18.5. The minimum absolute atomic E-state index is 0. The van der Waals surface area contributed by atoms with Gasteiger partial charge in [-0.05, 0) is 19.8 Å². The zero-order chi connectivity index (χ0) is 22.7. The SMILES string of the molecule is Cc1[nH]c(C(=O)NC2[C@H]3CN(c4nc(CC(=O)NC5CC5)c(C(=O)[O-])s4)C[C@@H]23)c(Cl)c1Cl.[Li+]. The van der Waals surface area contributed by atoms with Crippen molar-refractivity contribution in [2.45, 2.75) is 38.3 Å². The number of hydrogen-bond donors (Lipinski definition) is 3. The summed E-state index contributed by atoms with van der Waals surface area (Å²) in [4.78, 5) is 45.5. The van der Waals surface area contributed by atoms with Crippen LogP contribution in [0.1, 0.15) is 44.4 Å². The molecule has 5 rings (SSSR count). The van der Waals surface area contributed by atoms with E-state index in [1.807, 2.05) is 4.90 Å². The molecule has 3 N–H and O–H groups in total. The fourth-order valence-corrected chi connectivity index (χ4v) is 5.61. The zero-order valence-electron chi connectivity index (χ0n) is 18.0. The van der Waals surface area contributed by atoms with Crippen LogP contribution in [0.25, 0.3) is 0 Å². The van der Waals surface area contributed by atoms with E-state index in [9.17, 15) is 19.5 Å². The molecule has 0 spiro atoms. The molecule has 1 aliphatic heterocycles. The first-order valence-corrected chi connectivity index (χ1v) is 11.9. The van der Waals surface area contributed by atoms with Gasteiger partial charge in [-0.15, -0.1) is 0 Å². The predicted molar refractivity (Wildman–Crippen MR) is 117 cm³/mol. The third-order valence-corrected chi connectivity index (χ3v) is 8.27. The molecular weight excluding hydrogens is 484 g/mol. The minimum Gasteiger partial charge on any atom is -0.544 e. The van der Waals surface area contributed by atoms with Crippen molar-refractivity contribution in [1.29, 1.82) is 0 Å². The van der Waals surface area contributed by atoms with Crippen LogP contribution < -0.4 is 39.5 Å². The molecule has 0 aromatic carbocycles. The molecule has 1 unspecified atom stereocenters. The molecule has 0 bridgehead atoms. The van der Waals surface area contributed by atoms with Gasteiger partial charge in [0.15, 0.2) is 5.13 Å². The maximum absolute atomic E-state index is 12.6. The number of rotatable bonds is 7. The number of anilines is 1. The summed E-state index contributed by atoms with van der Waals surface area (Å²) in [7, 11) is 0. The van der Waals surface area contributed by atoms with Crippen LogP contribution in [-0.4, -0.2) is 52.9 Å². The third-order valence-electron chi connectivity index (χ3n) is 6.19. The van der Waals surface area contributed by atoms with Gasteiger partial charge in [-0.1, -0.05) is 34.5 Å². The summed E-state index contributed by atoms with van der Waals surface area (Å²) in [6.45, 7) is 3.02. The van der Waals surface area contributed by atoms with E-state index in [0.29, 0.717) is 28.9 Å². The second-order valence-electron chi connectivity index (χ2n) is 8.56. The average Bonchev–Trinajstić information content (AvgIpc) is 3.50. The molecule has 2 aromatic heterocycles. The van der Waals surface area contributed by atoms with Crippen LogP contribution in [0, 0.1) is 18.8 Å². The van der Waals surface area contributed by atoms with E-state index in [0.717, 1.165) is 24.2 Å². The number of fused-ring (bicyclic) bond motifs is 1. The van der Waals surface area contributed by atoms with Crippen molar-refractivity contribution in [3.05, 3.63) is 32.0 Å². The van der Waals surface area contributed by atoms with E-state index in [2.05, 4.69) is 20.6 Å². The van der Waals surface area contributed by atoms with Crippen molar-refractivity contribution in [3.63, 3.8) is 0 Å². The summed E-state index contributed by atoms with van der Waals surface area (Å²) >= 11 is 13.2. The molecule has 3 aliphatic rings. The fraction of sp³-hybridized carbons (Fsp3) is 0.500. The average molecular weight is 504 g/mol. The molecular formula is C20H20Cl2LiN5O4S. The number of aromatic nitrogens is 2. The van der Waals surface area contributed by atoms with E-state index >= 15 is 0 Å². The number of carbonyl (C=O) groups excluding carboxylic acids is 3. The molecule has 33 heavy (non-hydrogen) atoms. The van der Waals surface area contributed by atoms with Gasteiger partial charge in [0.2, 0.25) is 5.91 Å². The number of nitrogens with zero attached hydrogens (tertiary/aromatic N) is 2. The fourth-order valence-electron chi connectivity index (χ4n) is 4.26. The van der Waals surface area contributed by atoms with Crippen LogP contribution in [-0.2, 0) is 11.2 Å². The van der Waals surface area contributed by atoms with Gasteiger partial charge in [0.1, 0.15) is 5.69 Å². The maximum Gasteiger partial charge on any atom is 1.00 e. The second kappa shape index (κ2) is 9.15. The van der Waals surface area contributed by atoms with Gasteiger partial charge in [-0.3, -0.25) is 9.59 Å². The Morgan fingerprint density at radius 3 is 2.39 bits per heavy atom. The molecule has 3 heterocycles. The number of H-pyrrole nitrogens is 1. The first-order chi connectivity index (χ1) is 15.2. The van der Waals surface area contributed by atoms with Gasteiger partial charge in [0, 0.05) is 42.7 Å². The molecule has 2 aromatic rings. The molecule has 2 aliphatic carbocycles. The van der Waals surface area contributed by atoms with E-state index in [1.54, 1.807) is 6.92 Å². The number of amides is 2. The largest absolute Gasteiger partial charge is 1.00 e. The van der Waals surface area contributed by atoms with Gasteiger partial charge < -0.3 is 30.4 Å². The van der Waals surface area contributed by atoms with E-state index in [4.69, 9.17) is 23.2 Å². The van der Waals surface area contributed by atoms with Gasteiger partial charge in [-0.25, -0.2) is 4.98 Å². The van der Waals surface area contributed by atoms with Crippen LogP contribution in [0.4, 0.5) is 5.13 Å². The number of piperidine rings is 1. The maximum atomic E-state index is 12.6. The first kappa shape index (κ1) is 24.4. The van der Waals surface area contributed by atoms with Gasteiger partial charge in [0.05, 0.1) is 33.0 Å². The van der Waals surface area contributed by atoms with E-state index < -0.39 is 5.97 Å². The smallest absolute Gasteiger partial charge is 0.544 e. The Morgan fingerprint density at radius 1 is 1.18 bits per heavy atom. The summed E-state index contributed by atoms with van der Waals surface area (Å²) in [6.07, 6.45) is 1.84. The molecule has 2 amide bonds. The quantitative estimate of drug-likeness (QED) is 0.380. The molecule has 2 saturated carbocycles. The number of thiazole rings is 1. The number of hydrogen-bond acceptors (Lipinski definition) is 7. The molecule has 0 radical (unpaired) electrons. The predicted octanol–water partition coefficient (Wildman–Crippen LogP) is -1.86. The van der Waals surface area contributed by atoms with Crippen LogP contribution in [0.3, 0.4) is 0 Å². The Bertz CT molecular complexity index is 1120. The monoisotopic (exact) mass is 503 g/mol. The molecule has 9 nitrogen and oxygen atoms in total. The Labute approximate surface area is 215 Å². The Kier molecular flexibility index (Phi) is 6.78. The van der Waals surface area contributed by atoms with Crippen molar-refractivity contribution in [2.75, 3.05) is 18.0 Å². The van der Waals surface area contributed by atoms with Crippen LogP contribution in [0.2, 0.25) is 10.0 Å². The number of aromatic amines is 1. The second-order valence-corrected chi connectivity index (χ2v) is 10.3. The molecule has 3 fully saturated rings. The topological polar surface area (TPSA) is 130 Å². The summed E-state index contributed by atoms with van der Waals surface area (Å²) in [5.41, 5.74) is 1.13. The van der Waals surface area contributed by atoms with Gasteiger partial charge in [-0.2, -0.15) is 0 Å². The van der Waals surface area contributed by atoms with E-state index in [1.165, 1.54) is 0 Å². The number of carboxylic acid groups (broad SMARTS) is 1. The Hall–Kier alpha value is -1.70. The van der Waals surface area contributed by atoms with Crippen LogP contribution in [0.5, 0.6) is 0 Å². The summed E-state index contributed by atoms with van der Waals surface area (Å²) in [6, 6.07) is 0.215. The van der Waals surface area contributed by atoms with Crippen molar-refractivity contribution in [3.8, 4) is 0 Å². The van der Waals surface area contributed by atoms with Crippen molar-refractivity contribution >= 4 is 57.5 Å². The first-order valence-electron chi connectivity index (χ1n) is 10.3. The molecule has 170 valence electrons. The van der Waals surface area contributed by atoms with Crippen molar-refractivity contribution in [2.24, 2.45) is 11.8 Å². The summed E-state index contributed by atoms with van der Waals surface area (Å²) < 4.78 is 0. The number of aromatic carboxylic acids is 1. The number of carboxylic acids is 1. The number of halogens is 2. The number of nitrogens with one attached hydrogen (secondary N) is 3. The molecule has 3 atom stereocenters. The van der Waals surface area contributed by atoms with Gasteiger partial charge >= 0.3 is 18.9 Å². The van der Waals surface area contributed by atoms with Crippen molar-refractivity contribution in [1.82, 2.24) is 20.6 Å². The minimum atomic E-state index is -1.32. The van der Waals surface area contributed by atoms with Crippen LogP contribution >= 0.6 is 34.5 Å². The number of carbonyl (C=O) groups is 3. The molecule has 13 heteroatoms. The zero-order valence-corrected chi connectivity index (χ0v) is 20.4. The normalized spacial score (nSPS) is 23.0. The standard InChI is InChI=1S/C20H21Cl2N5O4S.Li/c1-7-13(21)14(22)16(23-7)18(29)26-15-9-5-27(6-10(9)15)20-25-11(17(32-20)19(30)31)4-12(28)24-8-2-3-8;/h8-10,15,23H,2-6H2,1H3,(H,24,28)(H,26,29)(H,30,31);/q;+1/p-1/t9-,10+,15?;. The Balaban J connectivity index is 0.00000259.